The Morgan fingerprint density at radius 2 is 2.31 bits per heavy atom. The Labute approximate surface area is 78.2 Å². The second-order valence-corrected chi connectivity index (χ2v) is 4.77. The molecule has 0 aliphatic rings. The molecule has 0 saturated heterocycles. The summed E-state index contributed by atoms with van der Waals surface area (Å²) in [4.78, 5) is 9.97. The van der Waals surface area contributed by atoms with Crippen molar-refractivity contribution in [2.24, 2.45) is 0 Å². The Morgan fingerprint density at radius 1 is 1.69 bits per heavy atom. The van der Waals surface area contributed by atoms with Gasteiger partial charge in [0.2, 0.25) is 0 Å². The van der Waals surface area contributed by atoms with Crippen LogP contribution in [0.3, 0.4) is 0 Å². The van der Waals surface area contributed by atoms with E-state index in [9.17, 15) is 13.2 Å². The van der Waals surface area contributed by atoms with Gasteiger partial charge in [0.1, 0.15) is 11.4 Å². The van der Waals surface area contributed by atoms with E-state index in [4.69, 9.17) is 15.8 Å². The van der Waals surface area contributed by atoms with Crippen LogP contribution < -0.4 is 0 Å². The molecule has 72 valence electrons. The lowest BCUT2D eigenvalue weighted by Gasteiger charge is -1.92. The van der Waals surface area contributed by atoms with Gasteiger partial charge in [-0.1, -0.05) is 0 Å². The number of carboxylic acids is 1. The van der Waals surface area contributed by atoms with Crippen LogP contribution in [0.1, 0.15) is 0 Å². The lowest BCUT2D eigenvalue weighted by atomic mass is 10.6. The summed E-state index contributed by atoms with van der Waals surface area (Å²) in [6, 6.07) is 0. The molecule has 8 heteroatoms. The van der Waals surface area contributed by atoms with Gasteiger partial charge in [0.05, 0.1) is 6.20 Å². The molecule has 0 bridgehead atoms. The van der Waals surface area contributed by atoms with E-state index < -0.39 is 21.6 Å². The third-order valence-corrected chi connectivity index (χ3v) is 2.50. The molecule has 1 N–H and O–H groups in total. The number of carboxylic acid groups (broad SMARTS) is 1. The molecule has 0 aromatic carbocycles. The highest BCUT2D eigenvalue weighted by atomic mass is 35.7. The zero-order valence-electron chi connectivity index (χ0n) is 6.21. The van der Waals surface area contributed by atoms with Crippen molar-refractivity contribution in [3.63, 3.8) is 0 Å². The highest BCUT2D eigenvalue weighted by Gasteiger charge is 2.13. The van der Waals surface area contributed by atoms with Crippen molar-refractivity contribution in [3.8, 4) is 0 Å². The molecule has 0 saturated carbocycles. The molecule has 0 atom stereocenters. The van der Waals surface area contributed by atoms with Crippen LogP contribution in [0.4, 0.5) is 0 Å². The summed E-state index contributed by atoms with van der Waals surface area (Å²) < 4.78 is 22.4. The minimum atomic E-state index is -3.82. The fraction of sp³-hybridized carbons (Fsp3) is 0.200. The van der Waals surface area contributed by atoms with Crippen LogP contribution in [-0.4, -0.2) is 29.3 Å². The first-order valence-electron chi connectivity index (χ1n) is 3.08. The molecule has 0 spiro atoms. The molecule has 6 nitrogen and oxygen atoms in total. The Bertz CT molecular complexity index is 423. The molecular weight excluding hydrogens is 220 g/mol. The smallest absolute Gasteiger partial charge is 0.325 e. The van der Waals surface area contributed by atoms with Crippen LogP contribution in [0.25, 0.3) is 0 Å². The zero-order valence-corrected chi connectivity index (χ0v) is 7.79. The van der Waals surface area contributed by atoms with Crippen molar-refractivity contribution in [3.05, 3.63) is 12.4 Å². The normalized spacial score (nSPS) is 11.5. The van der Waals surface area contributed by atoms with Gasteiger partial charge in [-0.3, -0.25) is 9.48 Å². The van der Waals surface area contributed by atoms with Crippen molar-refractivity contribution in [2.45, 2.75) is 11.4 Å². The first kappa shape index (κ1) is 10.0. The second-order valence-electron chi connectivity index (χ2n) is 2.21. The van der Waals surface area contributed by atoms with Gasteiger partial charge in [-0.15, -0.1) is 0 Å². The number of aliphatic carboxylic acids is 1. The molecule has 13 heavy (non-hydrogen) atoms. The Kier molecular flexibility index (Phi) is 2.58. The molecule has 0 amide bonds. The summed E-state index contributed by atoms with van der Waals surface area (Å²) in [5, 5.41) is 11.8. The van der Waals surface area contributed by atoms with Crippen molar-refractivity contribution in [1.82, 2.24) is 9.78 Å². The summed E-state index contributed by atoms with van der Waals surface area (Å²) >= 11 is 0. The van der Waals surface area contributed by atoms with E-state index in [0.717, 1.165) is 17.1 Å². The number of rotatable bonds is 3. The second kappa shape index (κ2) is 3.35. The molecule has 0 radical (unpaired) electrons. The summed E-state index contributed by atoms with van der Waals surface area (Å²) in [6.07, 6.45) is 2.04. The summed E-state index contributed by atoms with van der Waals surface area (Å²) in [5.41, 5.74) is 0. The summed E-state index contributed by atoms with van der Waals surface area (Å²) in [6.45, 7) is -0.396. The first-order valence-corrected chi connectivity index (χ1v) is 5.39. The van der Waals surface area contributed by atoms with Gasteiger partial charge in [-0.25, -0.2) is 8.42 Å². The topological polar surface area (TPSA) is 89.3 Å². The van der Waals surface area contributed by atoms with Crippen molar-refractivity contribution >= 4 is 25.7 Å². The van der Waals surface area contributed by atoms with E-state index in [0.29, 0.717) is 0 Å². The fourth-order valence-corrected chi connectivity index (χ4v) is 1.36. The van der Waals surface area contributed by atoms with Gasteiger partial charge in [-0.2, -0.15) is 5.10 Å². The maximum Gasteiger partial charge on any atom is 0.325 e. The molecule has 1 aromatic rings. The minimum Gasteiger partial charge on any atom is -0.480 e. The summed E-state index contributed by atoms with van der Waals surface area (Å²) in [7, 11) is 1.16. The zero-order chi connectivity index (χ0) is 10.1. The van der Waals surface area contributed by atoms with Crippen molar-refractivity contribution < 1.29 is 18.3 Å². The fourth-order valence-electron chi connectivity index (χ4n) is 0.696. The van der Waals surface area contributed by atoms with Crippen molar-refractivity contribution in [2.75, 3.05) is 0 Å². The average molecular weight is 225 g/mol. The molecule has 1 aromatic heterocycles. The Hall–Kier alpha value is -1.08. The number of carbonyl (C=O) groups is 1. The molecular formula is C5H5ClN2O4S. The van der Waals surface area contributed by atoms with E-state index in [1.54, 1.807) is 0 Å². The predicted octanol–water partition coefficient (Wildman–Crippen LogP) is -0.105. The number of hydrogen-bond acceptors (Lipinski definition) is 4. The third-order valence-electron chi connectivity index (χ3n) is 1.19. The predicted molar refractivity (Wildman–Crippen MR) is 42.9 cm³/mol. The third kappa shape index (κ3) is 2.71. The number of aromatic nitrogens is 2. The molecule has 0 aliphatic heterocycles. The molecule has 0 fully saturated rings. The van der Waals surface area contributed by atoms with E-state index >= 15 is 0 Å². The Morgan fingerprint density at radius 3 is 2.69 bits per heavy atom. The lowest BCUT2D eigenvalue weighted by molar-refractivity contribution is -0.137. The van der Waals surface area contributed by atoms with Crippen LogP contribution in [0, 0.1) is 0 Å². The molecule has 0 unspecified atom stereocenters. The van der Waals surface area contributed by atoms with Crippen molar-refractivity contribution in [1.29, 1.82) is 0 Å². The van der Waals surface area contributed by atoms with E-state index in [-0.39, 0.29) is 4.90 Å². The van der Waals surface area contributed by atoms with Gasteiger partial charge in [0, 0.05) is 16.9 Å². The van der Waals surface area contributed by atoms with Crippen LogP contribution in [-0.2, 0) is 20.4 Å². The average Bonchev–Trinajstić information content (AvgIpc) is 2.32. The molecule has 1 heterocycles. The Balaban J connectivity index is 2.94. The van der Waals surface area contributed by atoms with Gasteiger partial charge in [0.25, 0.3) is 9.05 Å². The molecule has 1 rings (SSSR count). The van der Waals surface area contributed by atoms with E-state index in [2.05, 4.69) is 5.10 Å². The highest BCUT2D eigenvalue weighted by Crippen LogP contribution is 2.12. The van der Waals surface area contributed by atoms with Crippen LogP contribution >= 0.6 is 10.7 Å². The first-order chi connectivity index (χ1) is 5.89. The number of halogens is 1. The SMILES string of the molecule is O=C(O)Cn1cc(S(=O)(=O)Cl)cn1. The summed E-state index contributed by atoms with van der Waals surface area (Å²) in [5.74, 6) is -1.11. The standard InChI is InChI=1S/C5H5ClN2O4S/c6-13(11,12)4-1-7-8(2-4)3-5(9)10/h1-2H,3H2,(H,9,10). The maximum absolute atomic E-state index is 10.7. The van der Waals surface area contributed by atoms with E-state index in [1.807, 2.05) is 0 Å². The quantitative estimate of drug-likeness (QED) is 0.724. The highest BCUT2D eigenvalue weighted by molar-refractivity contribution is 8.13. The van der Waals surface area contributed by atoms with Gasteiger partial charge < -0.3 is 5.11 Å². The lowest BCUT2D eigenvalue weighted by Crippen LogP contribution is -2.08. The van der Waals surface area contributed by atoms with Crippen LogP contribution in [0.5, 0.6) is 0 Å². The maximum atomic E-state index is 10.7. The van der Waals surface area contributed by atoms with Gasteiger partial charge >= 0.3 is 5.97 Å². The van der Waals surface area contributed by atoms with Crippen LogP contribution in [0.15, 0.2) is 17.3 Å². The largest absolute Gasteiger partial charge is 0.480 e. The van der Waals surface area contributed by atoms with Gasteiger partial charge in [-0.05, 0) is 0 Å². The van der Waals surface area contributed by atoms with E-state index in [1.165, 1.54) is 0 Å². The van der Waals surface area contributed by atoms with Gasteiger partial charge in [0.15, 0.2) is 0 Å². The number of hydrogen-bond donors (Lipinski definition) is 1. The minimum absolute atomic E-state index is 0.213. The molecule has 0 aliphatic carbocycles. The monoisotopic (exact) mass is 224 g/mol. The van der Waals surface area contributed by atoms with Crippen LogP contribution in [0.2, 0.25) is 0 Å². The number of nitrogens with zero attached hydrogens (tertiary/aromatic N) is 2.